The standard InChI is InChI=1S/C20H21N3O3/c1-25-18-7-6-14(12-15(18)13-23-8-10-26-11-9-23)19-21-17-5-3-2-4-16(17)20(24)22-19/h2-7,12H,8-11,13H2,1H3,(H,21,22,24). The van der Waals surface area contributed by atoms with Gasteiger partial charge in [0.1, 0.15) is 11.6 Å². The zero-order valence-electron chi connectivity index (χ0n) is 14.7. The van der Waals surface area contributed by atoms with Gasteiger partial charge in [0.05, 0.1) is 31.2 Å². The number of aromatic nitrogens is 2. The molecular formula is C20H21N3O3. The molecule has 4 rings (SSSR count). The highest BCUT2D eigenvalue weighted by Gasteiger charge is 2.15. The van der Waals surface area contributed by atoms with Crippen LogP contribution in [0.1, 0.15) is 5.56 Å². The van der Waals surface area contributed by atoms with Crippen LogP contribution in [0.25, 0.3) is 22.3 Å². The number of nitrogens with one attached hydrogen (secondary N) is 1. The summed E-state index contributed by atoms with van der Waals surface area (Å²) in [6, 6.07) is 13.3. The highest BCUT2D eigenvalue weighted by atomic mass is 16.5. The van der Waals surface area contributed by atoms with Gasteiger partial charge < -0.3 is 14.5 Å². The summed E-state index contributed by atoms with van der Waals surface area (Å²) in [5, 5.41) is 0.596. The quantitative estimate of drug-likeness (QED) is 0.782. The van der Waals surface area contributed by atoms with Crippen molar-refractivity contribution in [3.8, 4) is 17.1 Å². The molecule has 1 fully saturated rings. The molecule has 0 bridgehead atoms. The number of aromatic amines is 1. The average molecular weight is 351 g/mol. The highest BCUT2D eigenvalue weighted by molar-refractivity contribution is 5.79. The molecule has 0 radical (unpaired) electrons. The lowest BCUT2D eigenvalue weighted by Gasteiger charge is -2.27. The zero-order valence-corrected chi connectivity index (χ0v) is 14.7. The zero-order chi connectivity index (χ0) is 17.9. The fourth-order valence-electron chi connectivity index (χ4n) is 3.27. The van der Waals surface area contributed by atoms with Gasteiger partial charge in [-0.15, -0.1) is 0 Å². The SMILES string of the molecule is COc1ccc(-c2nc3ccccc3c(=O)[nH]2)cc1CN1CCOCC1. The summed E-state index contributed by atoms with van der Waals surface area (Å²) in [6.07, 6.45) is 0. The highest BCUT2D eigenvalue weighted by Crippen LogP contribution is 2.26. The van der Waals surface area contributed by atoms with E-state index in [2.05, 4.69) is 14.9 Å². The van der Waals surface area contributed by atoms with Crippen molar-refractivity contribution in [2.45, 2.75) is 6.54 Å². The molecule has 0 amide bonds. The summed E-state index contributed by atoms with van der Waals surface area (Å²) in [5.74, 6) is 1.41. The number of ether oxygens (including phenoxy) is 2. The fourth-order valence-corrected chi connectivity index (χ4v) is 3.27. The number of rotatable bonds is 4. The molecule has 1 aliphatic heterocycles. The van der Waals surface area contributed by atoms with E-state index in [4.69, 9.17) is 9.47 Å². The fraction of sp³-hybridized carbons (Fsp3) is 0.300. The summed E-state index contributed by atoms with van der Waals surface area (Å²) in [6.45, 7) is 4.08. The minimum absolute atomic E-state index is 0.129. The summed E-state index contributed by atoms with van der Waals surface area (Å²) in [7, 11) is 1.67. The van der Waals surface area contributed by atoms with Crippen LogP contribution in [0.15, 0.2) is 47.3 Å². The molecule has 1 aromatic heterocycles. The van der Waals surface area contributed by atoms with Gasteiger partial charge in [-0.1, -0.05) is 12.1 Å². The molecule has 0 saturated carbocycles. The molecule has 134 valence electrons. The predicted octanol–water partition coefficient (Wildman–Crippen LogP) is 2.43. The van der Waals surface area contributed by atoms with Gasteiger partial charge in [-0.3, -0.25) is 9.69 Å². The van der Waals surface area contributed by atoms with E-state index < -0.39 is 0 Å². The van der Waals surface area contributed by atoms with Crippen LogP contribution in [0.5, 0.6) is 5.75 Å². The molecule has 1 aliphatic rings. The molecule has 1 N–H and O–H groups in total. The van der Waals surface area contributed by atoms with Gasteiger partial charge in [-0.05, 0) is 30.3 Å². The Bertz CT molecular complexity index is 977. The van der Waals surface area contributed by atoms with E-state index in [0.29, 0.717) is 16.7 Å². The summed E-state index contributed by atoms with van der Waals surface area (Å²) in [4.78, 5) is 22.2. The topological polar surface area (TPSA) is 67.5 Å². The van der Waals surface area contributed by atoms with E-state index in [0.717, 1.165) is 49.7 Å². The maximum Gasteiger partial charge on any atom is 0.259 e. The van der Waals surface area contributed by atoms with Crippen molar-refractivity contribution in [3.05, 3.63) is 58.4 Å². The largest absolute Gasteiger partial charge is 0.496 e. The Hall–Kier alpha value is -2.70. The van der Waals surface area contributed by atoms with Crippen molar-refractivity contribution in [2.75, 3.05) is 33.4 Å². The number of methoxy groups -OCH3 is 1. The van der Waals surface area contributed by atoms with Gasteiger partial charge in [0.25, 0.3) is 5.56 Å². The summed E-state index contributed by atoms with van der Waals surface area (Å²) >= 11 is 0. The van der Waals surface area contributed by atoms with Gasteiger partial charge in [0.2, 0.25) is 0 Å². The molecule has 0 aliphatic carbocycles. The molecule has 2 heterocycles. The van der Waals surface area contributed by atoms with E-state index in [1.165, 1.54) is 0 Å². The van der Waals surface area contributed by atoms with E-state index in [9.17, 15) is 4.79 Å². The van der Waals surface area contributed by atoms with E-state index in [1.54, 1.807) is 13.2 Å². The molecule has 6 heteroatoms. The normalized spacial score (nSPS) is 15.3. The number of para-hydroxylation sites is 1. The maximum atomic E-state index is 12.4. The Labute approximate surface area is 151 Å². The first-order valence-corrected chi connectivity index (χ1v) is 8.71. The molecule has 1 saturated heterocycles. The Morgan fingerprint density at radius 2 is 2.00 bits per heavy atom. The number of H-pyrrole nitrogens is 1. The first-order chi connectivity index (χ1) is 12.7. The van der Waals surface area contributed by atoms with Gasteiger partial charge >= 0.3 is 0 Å². The second-order valence-electron chi connectivity index (χ2n) is 6.35. The Morgan fingerprint density at radius 3 is 2.81 bits per heavy atom. The second-order valence-corrected chi connectivity index (χ2v) is 6.35. The predicted molar refractivity (Wildman–Crippen MR) is 100 cm³/mol. The Kier molecular flexibility index (Phi) is 4.69. The van der Waals surface area contributed by atoms with E-state index >= 15 is 0 Å². The van der Waals surface area contributed by atoms with E-state index in [-0.39, 0.29) is 5.56 Å². The van der Waals surface area contributed by atoms with Crippen LogP contribution in [0.4, 0.5) is 0 Å². The lowest BCUT2D eigenvalue weighted by molar-refractivity contribution is 0.0339. The summed E-state index contributed by atoms with van der Waals surface area (Å²) in [5.41, 5.74) is 2.51. The molecule has 6 nitrogen and oxygen atoms in total. The lowest BCUT2D eigenvalue weighted by Crippen LogP contribution is -2.35. The first-order valence-electron chi connectivity index (χ1n) is 8.71. The molecule has 0 unspecified atom stereocenters. The Balaban J connectivity index is 1.72. The first kappa shape index (κ1) is 16.8. The molecule has 3 aromatic rings. The van der Waals surface area contributed by atoms with Gasteiger partial charge in [0.15, 0.2) is 0 Å². The van der Waals surface area contributed by atoms with Crippen LogP contribution in [0.3, 0.4) is 0 Å². The average Bonchev–Trinajstić information content (AvgIpc) is 2.69. The number of nitrogens with zero attached hydrogens (tertiary/aromatic N) is 2. The number of hydrogen-bond donors (Lipinski definition) is 1. The van der Waals surface area contributed by atoms with Crippen molar-refractivity contribution in [2.24, 2.45) is 0 Å². The van der Waals surface area contributed by atoms with Gasteiger partial charge in [-0.2, -0.15) is 0 Å². The minimum atomic E-state index is -0.129. The minimum Gasteiger partial charge on any atom is -0.496 e. The Morgan fingerprint density at radius 1 is 1.19 bits per heavy atom. The van der Waals surface area contributed by atoms with E-state index in [1.807, 2.05) is 36.4 Å². The van der Waals surface area contributed by atoms with Crippen LogP contribution in [-0.4, -0.2) is 48.3 Å². The van der Waals surface area contributed by atoms with Crippen molar-refractivity contribution in [1.29, 1.82) is 0 Å². The number of benzene rings is 2. The van der Waals surface area contributed by atoms with Crippen molar-refractivity contribution in [3.63, 3.8) is 0 Å². The lowest BCUT2D eigenvalue weighted by atomic mass is 10.1. The van der Waals surface area contributed by atoms with Crippen LogP contribution in [0, 0.1) is 0 Å². The third-order valence-corrected chi connectivity index (χ3v) is 4.66. The number of hydrogen-bond acceptors (Lipinski definition) is 5. The van der Waals surface area contributed by atoms with Crippen molar-refractivity contribution >= 4 is 10.9 Å². The molecule has 0 atom stereocenters. The third kappa shape index (κ3) is 3.34. The molecular weight excluding hydrogens is 330 g/mol. The molecule has 26 heavy (non-hydrogen) atoms. The molecule has 0 spiro atoms. The molecule has 2 aromatic carbocycles. The van der Waals surface area contributed by atoms with Crippen LogP contribution in [-0.2, 0) is 11.3 Å². The van der Waals surface area contributed by atoms with Crippen molar-refractivity contribution in [1.82, 2.24) is 14.9 Å². The van der Waals surface area contributed by atoms with Crippen molar-refractivity contribution < 1.29 is 9.47 Å². The summed E-state index contributed by atoms with van der Waals surface area (Å²) < 4.78 is 10.9. The second kappa shape index (κ2) is 7.27. The number of fused-ring (bicyclic) bond motifs is 1. The van der Waals surface area contributed by atoms with Gasteiger partial charge in [-0.25, -0.2) is 4.98 Å². The maximum absolute atomic E-state index is 12.4. The smallest absolute Gasteiger partial charge is 0.259 e. The van der Waals surface area contributed by atoms with Gasteiger partial charge in [0, 0.05) is 30.8 Å². The van der Waals surface area contributed by atoms with Crippen LogP contribution in [0.2, 0.25) is 0 Å². The number of morpholine rings is 1. The third-order valence-electron chi connectivity index (χ3n) is 4.66. The van der Waals surface area contributed by atoms with Crippen LogP contribution >= 0.6 is 0 Å². The van der Waals surface area contributed by atoms with Crippen LogP contribution < -0.4 is 10.3 Å². The monoisotopic (exact) mass is 351 g/mol.